The number of nitrogens with one attached hydrogen (secondary N) is 1. The fourth-order valence-corrected chi connectivity index (χ4v) is 3.31. The van der Waals surface area contributed by atoms with E-state index >= 15 is 0 Å². The highest BCUT2D eigenvalue weighted by atomic mass is 16.3. The summed E-state index contributed by atoms with van der Waals surface area (Å²) in [6, 6.07) is 13.1. The molecule has 6 N–H and O–H groups in total. The lowest BCUT2D eigenvalue weighted by Crippen LogP contribution is -2.17. The molecule has 156 valence electrons. The van der Waals surface area contributed by atoms with Gasteiger partial charge in [0.15, 0.2) is 0 Å². The number of hydrogen-bond donors (Lipinski definition) is 4. The van der Waals surface area contributed by atoms with E-state index in [1.807, 2.05) is 49.4 Å². The van der Waals surface area contributed by atoms with Crippen molar-refractivity contribution in [3.63, 3.8) is 0 Å². The number of allylic oxidation sites excluding steroid dienone is 1. The Morgan fingerprint density at radius 1 is 1.10 bits per heavy atom. The van der Waals surface area contributed by atoms with Crippen molar-refractivity contribution in [1.82, 2.24) is 4.98 Å². The minimum Gasteiger partial charge on any atom is -0.392 e. The lowest BCUT2D eigenvalue weighted by Gasteiger charge is -2.15. The van der Waals surface area contributed by atoms with E-state index in [-0.39, 0.29) is 23.4 Å². The Bertz CT molecular complexity index is 1270. The van der Waals surface area contributed by atoms with Crippen molar-refractivity contribution >= 4 is 34.0 Å². The Kier molecular flexibility index (Phi) is 6.34. The van der Waals surface area contributed by atoms with Gasteiger partial charge in [-0.05, 0) is 35.7 Å². The van der Waals surface area contributed by atoms with E-state index in [0.717, 1.165) is 16.7 Å². The van der Waals surface area contributed by atoms with Gasteiger partial charge in [-0.1, -0.05) is 42.8 Å². The summed E-state index contributed by atoms with van der Waals surface area (Å²) in [4.78, 5) is 28.0. The van der Waals surface area contributed by atoms with Crippen molar-refractivity contribution in [3.8, 4) is 23.0 Å². The third-order valence-corrected chi connectivity index (χ3v) is 4.66. The highest BCUT2D eigenvalue weighted by molar-refractivity contribution is 6.13. The molecule has 2 amide bonds. The number of hydrogen-bond acceptors (Lipinski definition) is 5. The van der Waals surface area contributed by atoms with Crippen LogP contribution in [0.5, 0.6) is 0 Å². The number of amides is 2. The number of anilines is 1. The maximum Gasteiger partial charge on any atom is 0.293 e. The van der Waals surface area contributed by atoms with Crippen LogP contribution < -0.4 is 16.8 Å². The molecule has 2 aromatic carbocycles. The summed E-state index contributed by atoms with van der Waals surface area (Å²) in [7, 11) is 0. The first kappa shape index (κ1) is 21.6. The summed E-state index contributed by atoms with van der Waals surface area (Å²) in [5, 5.41) is 13.9. The van der Waals surface area contributed by atoms with Gasteiger partial charge in [0, 0.05) is 28.8 Å². The van der Waals surface area contributed by atoms with Crippen LogP contribution in [0.4, 0.5) is 5.82 Å². The third-order valence-electron chi connectivity index (χ3n) is 4.66. The molecule has 3 rings (SSSR count). The largest absolute Gasteiger partial charge is 0.392 e. The maximum absolute atomic E-state index is 12.4. The van der Waals surface area contributed by atoms with E-state index < -0.39 is 11.8 Å². The van der Waals surface area contributed by atoms with Gasteiger partial charge in [0.25, 0.3) is 11.8 Å². The van der Waals surface area contributed by atoms with E-state index in [1.54, 1.807) is 0 Å². The van der Waals surface area contributed by atoms with Gasteiger partial charge in [-0.15, -0.1) is 0 Å². The van der Waals surface area contributed by atoms with Gasteiger partial charge < -0.3 is 21.9 Å². The van der Waals surface area contributed by atoms with Crippen LogP contribution in [-0.2, 0) is 11.4 Å². The summed E-state index contributed by atoms with van der Waals surface area (Å²) in [6.07, 6.45) is 0. The molecule has 0 radical (unpaired) electrons. The van der Waals surface area contributed by atoms with Gasteiger partial charge in [-0.3, -0.25) is 9.59 Å². The number of nitrogens with two attached hydrogens (primary N) is 2. The monoisotopic (exact) mass is 414 g/mol. The summed E-state index contributed by atoms with van der Waals surface area (Å²) < 4.78 is 0. The lowest BCUT2D eigenvalue weighted by molar-refractivity contribution is -0.112. The topological polar surface area (TPSA) is 131 Å². The average molecular weight is 414 g/mol. The first-order valence-electron chi connectivity index (χ1n) is 9.58. The van der Waals surface area contributed by atoms with E-state index in [2.05, 4.69) is 28.7 Å². The standard InChI is InChI=1S/C24H22N4O3/c1-3-27-24-18-9-8-17(16-6-4-5-15(11-16)13-29)12-19(18)21(23(26)31)22(28-24)14(2)7-10-20(25)30/h4-6,8-9,11-12,29H,2-3,13H2,1H3,(H2,25,30)(H2,26,31)(H,27,28). The SMILES string of the molecule is C=C(C#CC(N)=O)c1nc(NCC)c2ccc(-c3cccc(CO)c3)cc2c1C(N)=O. The molecule has 7 nitrogen and oxygen atoms in total. The number of carbonyl (C=O) groups is 2. The summed E-state index contributed by atoms with van der Waals surface area (Å²) in [5.41, 5.74) is 13.8. The molecule has 31 heavy (non-hydrogen) atoms. The molecular formula is C24H22N4O3. The Balaban J connectivity index is 2.33. The number of aliphatic hydroxyl groups excluding tert-OH is 1. The van der Waals surface area contributed by atoms with Crippen molar-refractivity contribution in [1.29, 1.82) is 0 Å². The fourth-order valence-electron chi connectivity index (χ4n) is 3.31. The van der Waals surface area contributed by atoms with Gasteiger partial charge in [-0.2, -0.15) is 0 Å². The van der Waals surface area contributed by atoms with Gasteiger partial charge in [0.05, 0.1) is 17.9 Å². The van der Waals surface area contributed by atoms with Crippen LogP contribution in [0.2, 0.25) is 0 Å². The number of fused-ring (bicyclic) bond motifs is 1. The molecular weight excluding hydrogens is 392 g/mol. The average Bonchev–Trinajstić information content (AvgIpc) is 2.76. The normalized spacial score (nSPS) is 10.3. The number of carbonyl (C=O) groups excluding carboxylic acids is 2. The van der Waals surface area contributed by atoms with Gasteiger partial charge in [-0.25, -0.2) is 4.98 Å². The van der Waals surface area contributed by atoms with Gasteiger partial charge in [0.2, 0.25) is 0 Å². The van der Waals surface area contributed by atoms with Gasteiger partial charge >= 0.3 is 0 Å². The van der Waals surface area contributed by atoms with E-state index in [4.69, 9.17) is 11.5 Å². The Hall–Kier alpha value is -4.15. The van der Waals surface area contributed by atoms with Crippen LogP contribution in [-0.4, -0.2) is 28.4 Å². The molecule has 0 atom stereocenters. The van der Waals surface area contributed by atoms with Crippen molar-refractivity contribution in [2.75, 3.05) is 11.9 Å². The maximum atomic E-state index is 12.4. The molecule has 0 bridgehead atoms. The molecule has 0 saturated carbocycles. The van der Waals surface area contributed by atoms with Crippen LogP contribution in [0, 0.1) is 11.8 Å². The first-order valence-corrected chi connectivity index (χ1v) is 9.58. The number of pyridine rings is 1. The minimum atomic E-state index is -0.819. The molecule has 0 aliphatic rings. The second-order valence-electron chi connectivity index (χ2n) is 6.79. The molecule has 0 aliphatic heterocycles. The lowest BCUT2D eigenvalue weighted by atomic mass is 9.95. The van der Waals surface area contributed by atoms with Crippen LogP contribution in [0.25, 0.3) is 27.5 Å². The van der Waals surface area contributed by atoms with Crippen molar-refractivity contribution in [2.45, 2.75) is 13.5 Å². The minimum absolute atomic E-state index is 0.0784. The van der Waals surface area contributed by atoms with Crippen molar-refractivity contribution in [3.05, 3.63) is 65.9 Å². The van der Waals surface area contributed by atoms with E-state index in [1.165, 1.54) is 0 Å². The highest BCUT2D eigenvalue weighted by Gasteiger charge is 2.20. The number of benzene rings is 2. The zero-order chi connectivity index (χ0) is 22.5. The quantitative estimate of drug-likeness (QED) is 0.460. The van der Waals surface area contributed by atoms with Crippen LogP contribution in [0.1, 0.15) is 28.5 Å². The molecule has 1 aromatic heterocycles. The van der Waals surface area contributed by atoms with Crippen LogP contribution in [0.3, 0.4) is 0 Å². The van der Waals surface area contributed by atoms with E-state index in [9.17, 15) is 14.7 Å². The molecule has 0 spiro atoms. The molecule has 7 heteroatoms. The van der Waals surface area contributed by atoms with E-state index in [0.29, 0.717) is 23.1 Å². The number of rotatable bonds is 6. The van der Waals surface area contributed by atoms with Crippen molar-refractivity contribution in [2.24, 2.45) is 11.5 Å². The molecule has 1 heterocycles. The van der Waals surface area contributed by atoms with Crippen LogP contribution in [0.15, 0.2) is 49.0 Å². The second-order valence-corrected chi connectivity index (χ2v) is 6.79. The number of primary amides is 2. The van der Waals surface area contributed by atoms with Crippen molar-refractivity contribution < 1.29 is 14.7 Å². The molecule has 3 aromatic rings. The molecule has 0 aliphatic carbocycles. The predicted molar refractivity (Wildman–Crippen MR) is 122 cm³/mol. The number of aliphatic hydroxyl groups is 1. The van der Waals surface area contributed by atoms with Crippen LogP contribution >= 0.6 is 0 Å². The number of nitrogens with zero attached hydrogens (tertiary/aromatic N) is 1. The molecule has 0 unspecified atom stereocenters. The highest BCUT2D eigenvalue weighted by Crippen LogP contribution is 2.33. The molecule has 0 fully saturated rings. The Morgan fingerprint density at radius 3 is 2.48 bits per heavy atom. The Morgan fingerprint density at radius 2 is 1.84 bits per heavy atom. The second kappa shape index (κ2) is 9.11. The zero-order valence-corrected chi connectivity index (χ0v) is 17.0. The first-order chi connectivity index (χ1) is 14.8. The predicted octanol–water partition coefficient (Wildman–Crippen LogP) is 2.43. The molecule has 0 saturated heterocycles. The Labute approximate surface area is 179 Å². The smallest absolute Gasteiger partial charge is 0.293 e. The zero-order valence-electron chi connectivity index (χ0n) is 17.0. The summed E-state index contributed by atoms with van der Waals surface area (Å²) in [5.74, 6) is 3.78. The fraction of sp³-hybridized carbons (Fsp3) is 0.125. The van der Waals surface area contributed by atoms with Gasteiger partial charge in [0.1, 0.15) is 5.82 Å². The number of aromatic nitrogens is 1. The third kappa shape index (κ3) is 4.55. The summed E-state index contributed by atoms with van der Waals surface area (Å²) in [6.45, 7) is 6.28. The summed E-state index contributed by atoms with van der Waals surface area (Å²) >= 11 is 0.